The Kier molecular flexibility index (Phi) is 3.69. The number of hydrogen-bond acceptors (Lipinski definition) is 3. The Morgan fingerprint density at radius 3 is 2.88 bits per heavy atom. The average Bonchev–Trinajstić information content (AvgIpc) is 2.62. The fraction of sp³-hybridized carbons (Fsp3) is 0.273. The van der Waals surface area contributed by atoms with Gasteiger partial charge in [-0.2, -0.15) is 0 Å². The largest absolute Gasteiger partial charge is 0.381 e. The summed E-state index contributed by atoms with van der Waals surface area (Å²) in [5.74, 6) is 0.480. The highest BCUT2D eigenvalue weighted by molar-refractivity contribution is 9.10. The van der Waals surface area contributed by atoms with Crippen molar-refractivity contribution in [3.63, 3.8) is 0 Å². The Balaban J connectivity index is 2.52. The number of aromatic nitrogens is 3. The second-order valence-electron chi connectivity index (χ2n) is 3.68. The minimum absolute atomic E-state index is 0.480. The van der Waals surface area contributed by atoms with Gasteiger partial charge in [0.25, 0.3) is 0 Å². The Bertz CT molecular complexity index is 538. The summed E-state index contributed by atoms with van der Waals surface area (Å²) in [6.07, 6.45) is 1.83. The zero-order valence-corrected chi connectivity index (χ0v) is 11.7. The van der Waals surface area contributed by atoms with Gasteiger partial charge in [-0.25, -0.2) is 4.68 Å². The van der Waals surface area contributed by atoms with E-state index in [1.807, 2.05) is 18.2 Å². The molecular weight excluding hydrogens is 304 g/mol. The van der Waals surface area contributed by atoms with Crippen LogP contribution in [0.3, 0.4) is 0 Å². The number of anilines is 1. The maximum atomic E-state index is 5.91. The standard InChI is InChI=1S/C11H12BrClN4/c1-2-3-10-11(14)15-16-17(10)9-5-4-7(13)6-8(9)12/h4-6H,2-3,14H2,1H3. The lowest BCUT2D eigenvalue weighted by Crippen LogP contribution is -2.04. The fourth-order valence-corrected chi connectivity index (χ4v) is 2.48. The molecule has 0 aliphatic heterocycles. The molecule has 0 aliphatic rings. The number of nitrogen functional groups attached to an aromatic ring is 1. The maximum Gasteiger partial charge on any atom is 0.169 e. The van der Waals surface area contributed by atoms with Gasteiger partial charge in [0.15, 0.2) is 5.82 Å². The van der Waals surface area contributed by atoms with Crippen molar-refractivity contribution in [2.45, 2.75) is 19.8 Å². The van der Waals surface area contributed by atoms with Crippen LogP contribution in [0.4, 0.5) is 5.82 Å². The van der Waals surface area contributed by atoms with E-state index < -0.39 is 0 Å². The Labute approximate surface area is 113 Å². The Hall–Kier alpha value is -1.07. The number of nitrogens with zero attached hydrogens (tertiary/aromatic N) is 3. The molecule has 4 nitrogen and oxygen atoms in total. The van der Waals surface area contributed by atoms with Crippen molar-refractivity contribution in [1.29, 1.82) is 0 Å². The molecule has 2 N–H and O–H groups in total. The summed E-state index contributed by atoms with van der Waals surface area (Å²) in [5.41, 5.74) is 7.63. The van der Waals surface area contributed by atoms with Crippen molar-refractivity contribution in [1.82, 2.24) is 15.0 Å². The molecule has 2 rings (SSSR count). The van der Waals surface area contributed by atoms with Gasteiger partial charge in [-0.05, 0) is 40.5 Å². The van der Waals surface area contributed by atoms with Gasteiger partial charge in [-0.1, -0.05) is 30.2 Å². The Morgan fingerprint density at radius 1 is 1.47 bits per heavy atom. The highest BCUT2D eigenvalue weighted by atomic mass is 79.9. The van der Waals surface area contributed by atoms with Crippen molar-refractivity contribution in [2.24, 2.45) is 0 Å². The van der Waals surface area contributed by atoms with Gasteiger partial charge in [0.05, 0.1) is 11.4 Å². The van der Waals surface area contributed by atoms with E-state index >= 15 is 0 Å². The van der Waals surface area contributed by atoms with E-state index in [2.05, 4.69) is 33.2 Å². The lowest BCUT2D eigenvalue weighted by molar-refractivity contribution is 0.743. The lowest BCUT2D eigenvalue weighted by atomic mass is 10.2. The summed E-state index contributed by atoms with van der Waals surface area (Å²) in [6.45, 7) is 2.09. The predicted octanol–water partition coefficient (Wildman–Crippen LogP) is 3.22. The van der Waals surface area contributed by atoms with E-state index in [-0.39, 0.29) is 0 Å². The third-order valence-corrected chi connectivity index (χ3v) is 3.29. The zero-order valence-electron chi connectivity index (χ0n) is 9.32. The molecule has 1 heterocycles. The van der Waals surface area contributed by atoms with Crippen LogP contribution in [0.1, 0.15) is 19.0 Å². The first-order valence-corrected chi connectivity index (χ1v) is 6.46. The van der Waals surface area contributed by atoms with Crippen molar-refractivity contribution in [3.8, 4) is 5.69 Å². The van der Waals surface area contributed by atoms with E-state index in [9.17, 15) is 0 Å². The van der Waals surface area contributed by atoms with E-state index in [1.54, 1.807) is 4.68 Å². The van der Waals surface area contributed by atoms with E-state index in [0.717, 1.165) is 28.7 Å². The highest BCUT2D eigenvalue weighted by Crippen LogP contribution is 2.26. The molecule has 90 valence electrons. The number of nitrogens with two attached hydrogens (primary N) is 1. The number of rotatable bonds is 3. The van der Waals surface area contributed by atoms with E-state index in [4.69, 9.17) is 17.3 Å². The quantitative estimate of drug-likeness (QED) is 0.946. The van der Waals surface area contributed by atoms with Gasteiger partial charge < -0.3 is 5.73 Å². The van der Waals surface area contributed by atoms with Gasteiger partial charge in [0.1, 0.15) is 0 Å². The van der Waals surface area contributed by atoms with E-state index in [0.29, 0.717) is 10.8 Å². The van der Waals surface area contributed by atoms with Crippen LogP contribution < -0.4 is 5.73 Å². The molecule has 1 aromatic heterocycles. The van der Waals surface area contributed by atoms with Crippen molar-refractivity contribution < 1.29 is 0 Å². The van der Waals surface area contributed by atoms with Gasteiger partial charge in [0.2, 0.25) is 0 Å². The fourth-order valence-electron chi connectivity index (χ4n) is 1.63. The number of benzene rings is 1. The molecule has 2 aromatic rings. The number of hydrogen-bond donors (Lipinski definition) is 1. The predicted molar refractivity (Wildman–Crippen MR) is 72.5 cm³/mol. The molecule has 6 heteroatoms. The molecule has 0 atom stereocenters. The molecule has 17 heavy (non-hydrogen) atoms. The Morgan fingerprint density at radius 2 is 2.24 bits per heavy atom. The van der Waals surface area contributed by atoms with Crippen LogP contribution in [-0.4, -0.2) is 15.0 Å². The van der Waals surface area contributed by atoms with Crippen LogP contribution >= 0.6 is 27.5 Å². The molecular formula is C11H12BrClN4. The second-order valence-corrected chi connectivity index (χ2v) is 4.97. The van der Waals surface area contributed by atoms with Crippen LogP contribution in [0, 0.1) is 0 Å². The molecule has 0 unspecified atom stereocenters. The molecule has 0 radical (unpaired) electrons. The maximum absolute atomic E-state index is 5.91. The monoisotopic (exact) mass is 314 g/mol. The van der Waals surface area contributed by atoms with Gasteiger partial charge in [-0.3, -0.25) is 0 Å². The first-order chi connectivity index (χ1) is 8.13. The molecule has 0 saturated heterocycles. The van der Waals surface area contributed by atoms with Crippen LogP contribution in [-0.2, 0) is 6.42 Å². The summed E-state index contributed by atoms with van der Waals surface area (Å²) in [6, 6.07) is 5.53. The van der Waals surface area contributed by atoms with Gasteiger partial charge in [0, 0.05) is 9.50 Å². The third-order valence-electron chi connectivity index (χ3n) is 2.42. The molecule has 0 bridgehead atoms. The van der Waals surface area contributed by atoms with Gasteiger partial charge in [-0.15, -0.1) is 5.10 Å². The molecule has 0 fully saturated rings. The minimum atomic E-state index is 0.480. The molecule has 0 aliphatic carbocycles. The molecule has 1 aromatic carbocycles. The minimum Gasteiger partial charge on any atom is -0.381 e. The van der Waals surface area contributed by atoms with Crippen molar-refractivity contribution in [2.75, 3.05) is 5.73 Å². The normalized spacial score (nSPS) is 10.8. The molecule has 0 amide bonds. The number of halogens is 2. The van der Waals surface area contributed by atoms with Gasteiger partial charge >= 0.3 is 0 Å². The van der Waals surface area contributed by atoms with Crippen molar-refractivity contribution in [3.05, 3.63) is 33.4 Å². The van der Waals surface area contributed by atoms with Crippen LogP contribution in [0.2, 0.25) is 5.02 Å². The first kappa shape index (κ1) is 12.4. The molecule has 0 saturated carbocycles. The summed E-state index contributed by atoms with van der Waals surface area (Å²) >= 11 is 9.38. The smallest absolute Gasteiger partial charge is 0.169 e. The average molecular weight is 316 g/mol. The van der Waals surface area contributed by atoms with Crippen molar-refractivity contribution >= 4 is 33.3 Å². The molecule has 0 spiro atoms. The summed E-state index contributed by atoms with van der Waals surface area (Å²) in [5, 5.41) is 8.65. The SMILES string of the molecule is CCCc1c(N)nnn1-c1ccc(Cl)cc1Br. The topological polar surface area (TPSA) is 56.7 Å². The third kappa shape index (κ3) is 2.45. The first-order valence-electron chi connectivity index (χ1n) is 5.29. The second kappa shape index (κ2) is 5.06. The zero-order chi connectivity index (χ0) is 12.4. The van der Waals surface area contributed by atoms with E-state index in [1.165, 1.54) is 0 Å². The summed E-state index contributed by atoms with van der Waals surface area (Å²) in [7, 11) is 0. The summed E-state index contributed by atoms with van der Waals surface area (Å²) in [4.78, 5) is 0. The lowest BCUT2D eigenvalue weighted by Gasteiger charge is -2.08. The van der Waals surface area contributed by atoms with Crippen LogP contribution in [0.15, 0.2) is 22.7 Å². The van der Waals surface area contributed by atoms with Crippen LogP contribution in [0.5, 0.6) is 0 Å². The highest BCUT2D eigenvalue weighted by Gasteiger charge is 2.13. The van der Waals surface area contributed by atoms with Crippen LogP contribution in [0.25, 0.3) is 5.69 Å². The summed E-state index contributed by atoms with van der Waals surface area (Å²) < 4.78 is 2.62.